The van der Waals surface area contributed by atoms with Crippen LogP contribution in [0.2, 0.25) is 0 Å². The van der Waals surface area contributed by atoms with E-state index in [1.807, 2.05) is 24.3 Å². The summed E-state index contributed by atoms with van der Waals surface area (Å²) in [6, 6.07) is 12.3. The number of hydrogen-bond acceptors (Lipinski definition) is 7. The van der Waals surface area contributed by atoms with Gasteiger partial charge in [0, 0.05) is 6.54 Å². The van der Waals surface area contributed by atoms with Crippen LogP contribution < -0.4 is 19.5 Å². The lowest BCUT2D eigenvalue weighted by molar-refractivity contribution is -0.120. The van der Waals surface area contributed by atoms with Crippen molar-refractivity contribution >= 4 is 38.9 Å². The second-order valence-corrected chi connectivity index (χ2v) is 11.1. The average Bonchev–Trinajstić information content (AvgIpc) is 3.57. The van der Waals surface area contributed by atoms with E-state index in [1.165, 1.54) is 11.0 Å². The number of thiophene rings is 1. The molecule has 0 spiro atoms. The van der Waals surface area contributed by atoms with Crippen molar-refractivity contribution in [2.24, 2.45) is 0 Å². The van der Waals surface area contributed by atoms with E-state index in [9.17, 15) is 18.0 Å². The summed E-state index contributed by atoms with van der Waals surface area (Å²) in [6.45, 7) is 0.434. The molecule has 1 saturated heterocycles. The zero-order chi connectivity index (χ0) is 23.4. The third-order valence-electron chi connectivity index (χ3n) is 6.21. The van der Waals surface area contributed by atoms with Gasteiger partial charge in [0.1, 0.15) is 10.3 Å². The molecule has 6 rings (SSSR count). The third-order valence-corrected chi connectivity index (χ3v) is 9.09. The Morgan fingerprint density at radius 3 is 2.65 bits per heavy atom. The molecule has 2 amide bonds. The van der Waals surface area contributed by atoms with E-state index in [0.717, 1.165) is 22.5 Å². The highest BCUT2D eigenvalue weighted by Crippen LogP contribution is 2.38. The summed E-state index contributed by atoms with van der Waals surface area (Å²) in [7, 11) is -3.79. The highest BCUT2D eigenvalue weighted by atomic mass is 32.2. The minimum atomic E-state index is -3.79. The van der Waals surface area contributed by atoms with Crippen molar-refractivity contribution in [2.45, 2.75) is 22.7 Å². The van der Waals surface area contributed by atoms with Crippen LogP contribution in [-0.4, -0.2) is 50.6 Å². The van der Waals surface area contributed by atoms with Crippen LogP contribution in [0.5, 0.6) is 11.5 Å². The van der Waals surface area contributed by atoms with Crippen LogP contribution in [-0.2, 0) is 14.8 Å². The number of anilines is 1. The molecular weight excluding hydrogens is 478 g/mol. The van der Waals surface area contributed by atoms with Gasteiger partial charge < -0.3 is 19.7 Å². The lowest BCUT2D eigenvalue weighted by atomic mass is 10.0. The van der Waals surface area contributed by atoms with Crippen molar-refractivity contribution in [3.8, 4) is 22.6 Å². The van der Waals surface area contributed by atoms with Gasteiger partial charge in [0.25, 0.3) is 5.91 Å². The maximum Gasteiger partial charge on any atom is 0.256 e. The molecule has 1 fully saturated rings. The maximum atomic E-state index is 13.5. The molecule has 2 N–H and O–H groups in total. The van der Waals surface area contributed by atoms with Gasteiger partial charge in [-0.05, 0) is 53.3 Å². The Balaban J connectivity index is 1.31. The largest absolute Gasteiger partial charge is 0.454 e. The summed E-state index contributed by atoms with van der Waals surface area (Å²) in [5.74, 6) is 0.559. The Morgan fingerprint density at radius 2 is 1.82 bits per heavy atom. The van der Waals surface area contributed by atoms with Crippen molar-refractivity contribution in [3.05, 3.63) is 59.5 Å². The van der Waals surface area contributed by atoms with E-state index < -0.39 is 28.0 Å². The normalized spacial score (nSPS) is 21.1. The molecule has 2 aromatic carbocycles. The van der Waals surface area contributed by atoms with E-state index in [-0.39, 0.29) is 23.5 Å². The van der Waals surface area contributed by atoms with Crippen LogP contribution >= 0.6 is 11.3 Å². The van der Waals surface area contributed by atoms with Crippen LogP contribution in [0.1, 0.15) is 16.8 Å². The topological polar surface area (TPSA) is 114 Å². The van der Waals surface area contributed by atoms with Gasteiger partial charge in [-0.2, -0.15) is 0 Å². The molecule has 2 atom stereocenters. The third kappa shape index (κ3) is 3.44. The summed E-state index contributed by atoms with van der Waals surface area (Å²) in [5, 5.41) is 4.49. The van der Waals surface area contributed by atoms with Gasteiger partial charge >= 0.3 is 0 Å². The summed E-state index contributed by atoms with van der Waals surface area (Å²) >= 11 is 1.10. The molecule has 34 heavy (non-hydrogen) atoms. The van der Waals surface area contributed by atoms with Crippen molar-refractivity contribution in [1.82, 2.24) is 9.62 Å². The number of hydrogen-bond donors (Lipinski definition) is 2. The fraction of sp³-hybridized carbons (Fsp3) is 0.217. The Morgan fingerprint density at radius 1 is 1.03 bits per heavy atom. The zero-order valence-corrected chi connectivity index (χ0v) is 19.3. The Hall–Kier alpha value is -3.41. The van der Waals surface area contributed by atoms with E-state index in [4.69, 9.17) is 9.47 Å². The fourth-order valence-corrected chi connectivity index (χ4v) is 6.87. The van der Waals surface area contributed by atoms with E-state index in [0.29, 0.717) is 29.2 Å². The Kier molecular flexibility index (Phi) is 4.87. The lowest BCUT2D eigenvalue weighted by Crippen LogP contribution is -2.51. The summed E-state index contributed by atoms with van der Waals surface area (Å²) < 4.78 is 39.1. The van der Waals surface area contributed by atoms with Crippen LogP contribution in [0.3, 0.4) is 0 Å². The SMILES string of the molecule is O=C1Nc2ccc(-c3ccc4c(c3)OCO4)cc2C(=O)N2CC[C@H](NS(=O)(=O)c3cccs3)[C@@H]12. The molecule has 9 nitrogen and oxygen atoms in total. The Bertz CT molecular complexity index is 1420. The Labute approximate surface area is 199 Å². The second kappa shape index (κ2) is 7.83. The molecule has 0 unspecified atom stereocenters. The molecule has 3 aromatic rings. The number of nitrogens with zero attached hydrogens (tertiary/aromatic N) is 1. The molecule has 174 valence electrons. The maximum absolute atomic E-state index is 13.5. The van der Waals surface area contributed by atoms with Crippen LogP contribution in [0.15, 0.2) is 58.1 Å². The lowest BCUT2D eigenvalue weighted by Gasteiger charge is -2.24. The van der Waals surface area contributed by atoms with Crippen molar-refractivity contribution in [2.75, 3.05) is 18.7 Å². The number of fused-ring (bicyclic) bond motifs is 3. The van der Waals surface area contributed by atoms with Gasteiger partial charge in [-0.3, -0.25) is 9.59 Å². The first-order chi connectivity index (χ1) is 16.4. The standard InChI is InChI=1S/C23H19N3O6S2/c27-22-21-17(25-34(29,30)20-2-1-9-33-20)7-8-26(21)23(28)15-10-13(3-5-16(15)24-22)14-4-6-18-19(11-14)32-12-31-18/h1-6,9-11,17,21,25H,7-8,12H2,(H,24,27)/t17-,21-/m0/s1. The number of benzene rings is 2. The molecule has 0 bridgehead atoms. The first kappa shape index (κ1) is 21.1. The molecule has 1 aromatic heterocycles. The monoisotopic (exact) mass is 497 g/mol. The van der Waals surface area contributed by atoms with Gasteiger partial charge in [0.15, 0.2) is 11.5 Å². The van der Waals surface area contributed by atoms with E-state index in [1.54, 1.807) is 23.6 Å². The average molecular weight is 498 g/mol. The van der Waals surface area contributed by atoms with E-state index in [2.05, 4.69) is 10.0 Å². The minimum absolute atomic E-state index is 0.168. The van der Waals surface area contributed by atoms with Gasteiger partial charge in [0.05, 0.1) is 17.3 Å². The number of rotatable bonds is 4. The minimum Gasteiger partial charge on any atom is -0.454 e. The summed E-state index contributed by atoms with van der Waals surface area (Å²) in [4.78, 5) is 28.0. The summed E-state index contributed by atoms with van der Waals surface area (Å²) in [6.07, 6.45) is 0.339. The van der Waals surface area contributed by atoms with Gasteiger partial charge in [0.2, 0.25) is 22.7 Å². The molecule has 3 aliphatic rings. The van der Waals surface area contributed by atoms with E-state index >= 15 is 0 Å². The van der Waals surface area contributed by atoms with Crippen molar-refractivity contribution in [3.63, 3.8) is 0 Å². The smallest absolute Gasteiger partial charge is 0.256 e. The van der Waals surface area contributed by atoms with Crippen molar-refractivity contribution in [1.29, 1.82) is 0 Å². The van der Waals surface area contributed by atoms with Crippen LogP contribution in [0.4, 0.5) is 5.69 Å². The van der Waals surface area contributed by atoms with Crippen LogP contribution in [0, 0.1) is 0 Å². The van der Waals surface area contributed by atoms with Crippen LogP contribution in [0.25, 0.3) is 11.1 Å². The van der Waals surface area contributed by atoms with Crippen molar-refractivity contribution < 1.29 is 27.5 Å². The number of sulfonamides is 1. The number of amides is 2. The second-order valence-electron chi connectivity index (χ2n) is 8.21. The fourth-order valence-electron chi connectivity index (χ4n) is 4.59. The molecule has 4 heterocycles. The molecule has 11 heteroatoms. The predicted octanol–water partition coefficient (Wildman–Crippen LogP) is 2.66. The number of ether oxygens (including phenoxy) is 2. The quantitative estimate of drug-likeness (QED) is 0.573. The number of nitrogens with one attached hydrogen (secondary N) is 2. The first-order valence-corrected chi connectivity index (χ1v) is 13.0. The van der Waals surface area contributed by atoms with Gasteiger partial charge in [-0.15, -0.1) is 11.3 Å². The zero-order valence-electron chi connectivity index (χ0n) is 17.7. The molecular formula is C23H19N3O6S2. The number of carbonyl (C=O) groups excluding carboxylic acids is 2. The molecule has 0 aliphatic carbocycles. The summed E-state index contributed by atoms with van der Waals surface area (Å²) in [5.41, 5.74) is 2.38. The highest BCUT2D eigenvalue weighted by Gasteiger charge is 2.46. The molecule has 3 aliphatic heterocycles. The molecule has 0 saturated carbocycles. The van der Waals surface area contributed by atoms with Gasteiger partial charge in [-0.25, -0.2) is 13.1 Å². The predicted molar refractivity (Wildman–Crippen MR) is 125 cm³/mol. The highest BCUT2D eigenvalue weighted by molar-refractivity contribution is 7.91. The van der Waals surface area contributed by atoms with Gasteiger partial charge in [-0.1, -0.05) is 18.2 Å². The number of carbonyl (C=O) groups is 2. The molecule has 0 radical (unpaired) electrons. The first-order valence-electron chi connectivity index (χ1n) is 10.6.